The van der Waals surface area contributed by atoms with Gasteiger partial charge in [0, 0.05) is 6.42 Å². The molecule has 1 heterocycles. The van der Waals surface area contributed by atoms with Crippen molar-refractivity contribution in [3.05, 3.63) is 29.0 Å². The van der Waals surface area contributed by atoms with E-state index in [1.807, 2.05) is 25.1 Å². The van der Waals surface area contributed by atoms with Gasteiger partial charge in [-0.25, -0.2) is 4.74 Å². The molecular formula is C11H13NO3. The van der Waals surface area contributed by atoms with Crippen LogP contribution in [0.15, 0.2) is 18.2 Å². The smallest absolute Gasteiger partial charge is 0.231 e. The van der Waals surface area contributed by atoms with Crippen molar-refractivity contribution in [2.24, 2.45) is 0 Å². The van der Waals surface area contributed by atoms with Crippen LogP contribution in [0.2, 0.25) is 0 Å². The van der Waals surface area contributed by atoms with Gasteiger partial charge in [0.25, 0.3) is 0 Å². The predicted molar refractivity (Wildman–Crippen MR) is 56.5 cm³/mol. The number of benzene rings is 1. The molecule has 0 aliphatic carbocycles. The average Bonchev–Trinajstić information content (AvgIpc) is 2.64. The molecule has 0 saturated carbocycles. The summed E-state index contributed by atoms with van der Waals surface area (Å²) in [7, 11) is 0. The quantitative estimate of drug-likeness (QED) is 0.327. The first-order valence-electron chi connectivity index (χ1n) is 4.82. The van der Waals surface area contributed by atoms with Gasteiger partial charge in [0.05, 0.1) is 0 Å². The molecule has 1 aromatic carbocycles. The van der Waals surface area contributed by atoms with Gasteiger partial charge >= 0.3 is 0 Å². The molecule has 0 fully saturated rings. The summed E-state index contributed by atoms with van der Waals surface area (Å²) in [4.78, 5) is 0. The van der Waals surface area contributed by atoms with Crippen LogP contribution in [-0.4, -0.2) is 24.3 Å². The topological polar surface area (TPSA) is 44.5 Å². The van der Waals surface area contributed by atoms with Crippen LogP contribution in [0.4, 0.5) is 0 Å². The third-order valence-electron chi connectivity index (χ3n) is 2.46. The van der Waals surface area contributed by atoms with Crippen LogP contribution >= 0.6 is 0 Å². The lowest BCUT2D eigenvalue weighted by atomic mass is 10.1. The van der Waals surface area contributed by atoms with E-state index in [0.29, 0.717) is 11.2 Å². The van der Waals surface area contributed by atoms with E-state index in [1.165, 1.54) is 0 Å². The van der Waals surface area contributed by atoms with Crippen molar-refractivity contribution in [2.75, 3.05) is 6.79 Å². The molecule has 1 aromatic rings. The maximum atomic E-state index is 10.9. The second-order valence-electron chi connectivity index (χ2n) is 3.66. The Kier molecular flexibility index (Phi) is 2.49. The van der Waals surface area contributed by atoms with Crippen molar-refractivity contribution in [1.29, 1.82) is 0 Å². The maximum absolute atomic E-state index is 10.9. The van der Waals surface area contributed by atoms with Gasteiger partial charge in [-0.05, 0) is 24.6 Å². The highest BCUT2D eigenvalue weighted by Gasteiger charge is 2.15. The number of fused-ring (bicyclic) bond motifs is 1. The molecule has 80 valence electrons. The second-order valence-corrected chi connectivity index (χ2v) is 3.66. The summed E-state index contributed by atoms with van der Waals surface area (Å²) >= 11 is 0. The lowest BCUT2D eigenvalue weighted by Gasteiger charge is -2.11. The first-order chi connectivity index (χ1) is 7.16. The fraction of sp³-hybridized carbons (Fsp3) is 0.364. The van der Waals surface area contributed by atoms with Crippen LogP contribution in [0.25, 0.3) is 0 Å². The SMILES string of the molecule is C=[N+]([O-])C(C)Cc1ccc2c(c1)OCO2. The van der Waals surface area contributed by atoms with E-state index in [0.717, 1.165) is 17.1 Å². The van der Waals surface area contributed by atoms with Crippen molar-refractivity contribution in [2.45, 2.75) is 19.4 Å². The summed E-state index contributed by atoms with van der Waals surface area (Å²) in [6, 6.07) is 5.57. The minimum atomic E-state index is -0.134. The zero-order chi connectivity index (χ0) is 10.8. The molecule has 0 radical (unpaired) electrons. The molecule has 0 N–H and O–H groups in total. The Hall–Kier alpha value is -1.71. The number of rotatable bonds is 3. The molecular weight excluding hydrogens is 194 g/mol. The van der Waals surface area contributed by atoms with Gasteiger partial charge in [-0.3, -0.25) is 0 Å². The van der Waals surface area contributed by atoms with Gasteiger partial charge in [0.1, 0.15) is 6.72 Å². The summed E-state index contributed by atoms with van der Waals surface area (Å²) in [5.74, 6) is 1.52. The fourth-order valence-corrected chi connectivity index (χ4v) is 1.51. The maximum Gasteiger partial charge on any atom is 0.231 e. The van der Waals surface area contributed by atoms with Crippen LogP contribution in [-0.2, 0) is 6.42 Å². The van der Waals surface area contributed by atoms with Crippen molar-refractivity contribution in [3.8, 4) is 11.5 Å². The molecule has 0 bridgehead atoms. The Morgan fingerprint density at radius 1 is 1.47 bits per heavy atom. The molecule has 0 amide bonds. The summed E-state index contributed by atoms with van der Waals surface area (Å²) in [6.07, 6.45) is 0.656. The van der Waals surface area contributed by atoms with Gasteiger partial charge in [-0.1, -0.05) is 6.07 Å². The van der Waals surface area contributed by atoms with E-state index in [2.05, 4.69) is 6.72 Å². The average molecular weight is 207 g/mol. The molecule has 1 aliphatic rings. The fourth-order valence-electron chi connectivity index (χ4n) is 1.51. The van der Waals surface area contributed by atoms with Gasteiger partial charge < -0.3 is 14.7 Å². The van der Waals surface area contributed by atoms with Gasteiger partial charge in [0.15, 0.2) is 17.5 Å². The number of hydrogen-bond donors (Lipinski definition) is 0. The second kappa shape index (κ2) is 3.81. The normalized spacial score (nSPS) is 15.0. The molecule has 0 spiro atoms. The number of nitrogens with zero attached hydrogens (tertiary/aromatic N) is 1. The Bertz CT molecular complexity index is 389. The first kappa shape index (κ1) is 9.83. The molecule has 15 heavy (non-hydrogen) atoms. The highest BCUT2D eigenvalue weighted by atomic mass is 16.7. The van der Waals surface area contributed by atoms with E-state index in [-0.39, 0.29) is 12.8 Å². The van der Waals surface area contributed by atoms with E-state index >= 15 is 0 Å². The van der Waals surface area contributed by atoms with Crippen molar-refractivity contribution >= 4 is 6.72 Å². The van der Waals surface area contributed by atoms with Crippen molar-refractivity contribution in [1.82, 2.24) is 0 Å². The van der Waals surface area contributed by atoms with Crippen molar-refractivity contribution in [3.63, 3.8) is 0 Å². The van der Waals surface area contributed by atoms with E-state index in [4.69, 9.17) is 9.47 Å². The monoisotopic (exact) mass is 207 g/mol. The summed E-state index contributed by atoms with van der Waals surface area (Å²) < 4.78 is 11.2. The Morgan fingerprint density at radius 2 is 2.20 bits per heavy atom. The van der Waals surface area contributed by atoms with Crippen LogP contribution in [0.3, 0.4) is 0 Å². The minimum absolute atomic E-state index is 0.134. The third-order valence-corrected chi connectivity index (χ3v) is 2.46. The van der Waals surface area contributed by atoms with Crippen LogP contribution in [0, 0.1) is 5.21 Å². The number of hydrogen-bond acceptors (Lipinski definition) is 3. The number of hydroxylamine groups is 1. The van der Waals surface area contributed by atoms with Crippen LogP contribution in [0.5, 0.6) is 11.5 Å². The minimum Gasteiger partial charge on any atom is -0.624 e. The van der Waals surface area contributed by atoms with Gasteiger partial charge in [0.2, 0.25) is 6.79 Å². The molecule has 1 unspecified atom stereocenters. The highest BCUT2D eigenvalue weighted by Crippen LogP contribution is 2.32. The predicted octanol–water partition coefficient (Wildman–Crippen LogP) is 1.56. The largest absolute Gasteiger partial charge is 0.624 e. The molecule has 1 aliphatic heterocycles. The van der Waals surface area contributed by atoms with Gasteiger partial charge in [-0.15, -0.1) is 0 Å². The number of ether oxygens (including phenoxy) is 2. The Balaban J connectivity index is 2.13. The Morgan fingerprint density at radius 3 is 2.93 bits per heavy atom. The summed E-state index contributed by atoms with van der Waals surface area (Å²) in [5, 5.41) is 10.9. The standard InChI is InChI=1S/C11H13NO3/c1-8(12(2)13)5-9-3-4-10-11(6-9)15-7-14-10/h3-4,6,8H,2,5,7H2,1H3. The lowest BCUT2D eigenvalue weighted by Crippen LogP contribution is -2.18. The zero-order valence-corrected chi connectivity index (χ0v) is 8.60. The summed E-state index contributed by atoms with van der Waals surface area (Å²) in [6.45, 7) is 5.44. The Labute approximate surface area is 88.3 Å². The van der Waals surface area contributed by atoms with E-state index < -0.39 is 0 Å². The van der Waals surface area contributed by atoms with Crippen molar-refractivity contribution < 1.29 is 14.2 Å². The van der Waals surface area contributed by atoms with E-state index in [9.17, 15) is 5.21 Å². The lowest BCUT2D eigenvalue weighted by molar-refractivity contribution is -0.487. The zero-order valence-electron chi connectivity index (χ0n) is 8.60. The van der Waals surface area contributed by atoms with E-state index in [1.54, 1.807) is 0 Å². The first-order valence-corrected chi connectivity index (χ1v) is 4.82. The summed E-state index contributed by atoms with van der Waals surface area (Å²) in [5.41, 5.74) is 1.05. The van der Waals surface area contributed by atoms with Gasteiger partial charge in [-0.2, -0.15) is 0 Å². The third kappa shape index (κ3) is 2.03. The molecule has 4 heteroatoms. The molecule has 2 rings (SSSR count). The van der Waals surface area contributed by atoms with Crippen LogP contribution in [0.1, 0.15) is 12.5 Å². The molecule has 0 aromatic heterocycles. The highest BCUT2D eigenvalue weighted by molar-refractivity contribution is 5.44. The molecule has 1 atom stereocenters. The molecule has 0 saturated heterocycles. The molecule has 4 nitrogen and oxygen atoms in total. The van der Waals surface area contributed by atoms with Crippen LogP contribution < -0.4 is 9.47 Å².